The molecule has 0 bridgehead atoms. The summed E-state index contributed by atoms with van der Waals surface area (Å²) in [7, 11) is 0. The maximum Gasteiger partial charge on any atom is 0.222 e. The number of nitrogens with one attached hydrogen (secondary N) is 2. The second-order valence-corrected chi connectivity index (χ2v) is 6.03. The fraction of sp³-hybridized carbons (Fsp3) is 0.312. The third kappa shape index (κ3) is 4.66. The number of aromatic nitrogens is 1. The van der Waals surface area contributed by atoms with Crippen molar-refractivity contribution in [3.63, 3.8) is 0 Å². The maximum absolute atomic E-state index is 12.2. The molecule has 0 unspecified atom stereocenters. The Labute approximate surface area is 133 Å². The second-order valence-electron chi connectivity index (χ2n) is 5.05. The molecule has 0 aliphatic carbocycles. The quantitative estimate of drug-likeness (QED) is 0.860. The molecule has 0 aliphatic heterocycles. The van der Waals surface area contributed by atoms with Gasteiger partial charge in [-0.25, -0.2) is 0 Å². The average molecular weight is 317 g/mol. The first kappa shape index (κ1) is 16.2. The van der Waals surface area contributed by atoms with Crippen molar-refractivity contribution in [2.75, 3.05) is 0 Å². The number of amides is 2. The topological polar surface area (TPSA) is 71.1 Å². The van der Waals surface area contributed by atoms with Gasteiger partial charge in [-0.3, -0.25) is 14.6 Å². The van der Waals surface area contributed by atoms with Crippen LogP contribution in [0.2, 0.25) is 0 Å². The summed E-state index contributed by atoms with van der Waals surface area (Å²) >= 11 is 1.53. The van der Waals surface area contributed by atoms with E-state index < -0.39 is 0 Å². The van der Waals surface area contributed by atoms with Crippen molar-refractivity contribution in [3.8, 4) is 0 Å². The summed E-state index contributed by atoms with van der Waals surface area (Å²) in [6, 6.07) is 7.17. The van der Waals surface area contributed by atoms with Gasteiger partial charge >= 0.3 is 0 Å². The molecule has 0 saturated heterocycles. The summed E-state index contributed by atoms with van der Waals surface area (Å²) in [6.45, 7) is 3.37. The first-order valence-corrected chi connectivity index (χ1v) is 7.94. The van der Waals surface area contributed by atoms with E-state index in [1.807, 2.05) is 36.6 Å². The van der Waals surface area contributed by atoms with Crippen LogP contribution in [0.3, 0.4) is 0 Å². The molecule has 22 heavy (non-hydrogen) atoms. The van der Waals surface area contributed by atoms with E-state index in [0.717, 1.165) is 10.4 Å². The summed E-state index contributed by atoms with van der Waals surface area (Å²) < 4.78 is 0. The van der Waals surface area contributed by atoms with E-state index in [-0.39, 0.29) is 30.3 Å². The number of carbonyl (C=O) groups excluding carboxylic acids is 2. The van der Waals surface area contributed by atoms with Crippen LogP contribution in [-0.2, 0) is 9.59 Å². The molecule has 0 aliphatic rings. The average Bonchev–Trinajstić information content (AvgIpc) is 3.01. The van der Waals surface area contributed by atoms with Crippen molar-refractivity contribution < 1.29 is 9.59 Å². The summed E-state index contributed by atoms with van der Waals surface area (Å²) in [4.78, 5) is 28.6. The molecule has 2 heterocycles. The number of nitrogens with zero attached hydrogens (tertiary/aromatic N) is 1. The molecule has 6 heteroatoms. The van der Waals surface area contributed by atoms with Gasteiger partial charge in [0.25, 0.3) is 0 Å². The van der Waals surface area contributed by atoms with E-state index in [9.17, 15) is 9.59 Å². The van der Waals surface area contributed by atoms with Gasteiger partial charge in [-0.1, -0.05) is 12.1 Å². The molecule has 2 rings (SSSR count). The van der Waals surface area contributed by atoms with Gasteiger partial charge in [-0.2, -0.15) is 0 Å². The molecule has 116 valence electrons. The van der Waals surface area contributed by atoms with Crippen LogP contribution in [0.5, 0.6) is 0 Å². The Hall–Kier alpha value is -2.21. The first-order chi connectivity index (χ1) is 10.6. The lowest BCUT2D eigenvalue weighted by Gasteiger charge is -2.19. The van der Waals surface area contributed by atoms with Gasteiger partial charge in [0.1, 0.15) is 0 Å². The molecule has 0 fully saturated rings. The van der Waals surface area contributed by atoms with Gasteiger partial charge in [-0.15, -0.1) is 11.3 Å². The Morgan fingerprint density at radius 3 is 2.68 bits per heavy atom. The molecule has 2 aromatic rings. The van der Waals surface area contributed by atoms with Crippen LogP contribution in [-0.4, -0.2) is 16.8 Å². The van der Waals surface area contributed by atoms with Gasteiger partial charge < -0.3 is 10.6 Å². The standard InChI is InChI=1S/C16H19N3O2S/c1-11(13-5-3-7-17-10-13)18-16(21)9-14(19-12(2)20)15-6-4-8-22-15/h3-8,10-11,14H,9H2,1-2H3,(H,18,21)(H,19,20)/t11-,14+/m1/s1. The normalized spacial score (nSPS) is 13.2. The lowest BCUT2D eigenvalue weighted by atomic mass is 10.1. The fourth-order valence-corrected chi connectivity index (χ4v) is 2.94. The Bertz CT molecular complexity index is 614. The first-order valence-electron chi connectivity index (χ1n) is 7.06. The smallest absolute Gasteiger partial charge is 0.222 e. The van der Waals surface area contributed by atoms with Gasteiger partial charge in [0.05, 0.1) is 18.5 Å². The van der Waals surface area contributed by atoms with Crippen LogP contribution in [0.25, 0.3) is 0 Å². The molecular weight excluding hydrogens is 298 g/mol. The van der Waals surface area contributed by atoms with Gasteiger partial charge in [0.2, 0.25) is 11.8 Å². The molecule has 2 atom stereocenters. The highest BCUT2D eigenvalue weighted by atomic mass is 32.1. The Morgan fingerprint density at radius 1 is 1.27 bits per heavy atom. The number of hydrogen-bond donors (Lipinski definition) is 2. The van der Waals surface area contributed by atoms with E-state index in [2.05, 4.69) is 15.6 Å². The predicted molar refractivity (Wildman–Crippen MR) is 86.3 cm³/mol. The molecule has 0 aromatic carbocycles. The fourth-order valence-electron chi connectivity index (χ4n) is 2.16. The Kier molecular flexibility index (Phi) is 5.66. The Morgan fingerprint density at radius 2 is 2.09 bits per heavy atom. The highest BCUT2D eigenvalue weighted by Crippen LogP contribution is 2.22. The van der Waals surface area contributed by atoms with Crippen molar-refractivity contribution >= 4 is 23.2 Å². The number of hydrogen-bond acceptors (Lipinski definition) is 4. The minimum Gasteiger partial charge on any atom is -0.349 e. The van der Waals surface area contributed by atoms with Crippen LogP contribution >= 0.6 is 11.3 Å². The third-order valence-electron chi connectivity index (χ3n) is 3.22. The number of thiophene rings is 1. The molecule has 2 amide bonds. The van der Waals surface area contributed by atoms with Crippen molar-refractivity contribution in [1.82, 2.24) is 15.6 Å². The minimum absolute atomic E-state index is 0.108. The van der Waals surface area contributed by atoms with Crippen molar-refractivity contribution in [3.05, 3.63) is 52.5 Å². The van der Waals surface area contributed by atoms with Crippen LogP contribution < -0.4 is 10.6 Å². The summed E-state index contributed by atoms with van der Waals surface area (Å²) in [5, 5.41) is 7.69. The molecule has 5 nitrogen and oxygen atoms in total. The van der Waals surface area contributed by atoms with E-state index in [1.165, 1.54) is 18.3 Å². The highest BCUT2D eigenvalue weighted by Gasteiger charge is 2.19. The lowest BCUT2D eigenvalue weighted by Crippen LogP contribution is -2.33. The number of rotatable bonds is 6. The van der Waals surface area contributed by atoms with Gasteiger partial charge in [-0.05, 0) is 30.0 Å². The predicted octanol–water partition coefficient (Wildman–Crippen LogP) is 2.59. The molecule has 0 radical (unpaired) electrons. The number of carbonyl (C=O) groups is 2. The largest absolute Gasteiger partial charge is 0.349 e. The molecule has 2 aromatic heterocycles. The van der Waals surface area contributed by atoms with Crippen molar-refractivity contribution in [2.24, 2.45) is 0 Å². The van der Waals surface area contributed by atoms with Gasteiger partial charge in [0.15, 0.2) is 0 Å². The zero-order valence-corrected chi connectivity index (χ0v) is 13.4. The maximum atomic E-state index is 12.2. The summed E-state index contributed by atoms with van der Waals surface area (Å²) in [5.41, 5.74) is 0.947. The minimum atomic E-state index is -0.293. The third-order valence-corrected chi connectivity index (χ3v) is 4.20. The zero-order valence-electron chi connectivity index (χ0n) is 12.6. The molecular formula is C16H19N3O2S. The molecule has 2 N–H and O–H groups in total. The zero-order chi connectivity index (χ0) is 15.9. The highest BCUT2D eigenvalue weighted by molar-refractivity contribution is 7.10. The monoisotopic (exact) mass is 317 g/mol. The van der Waals surface area contributed by atoms with Crippen LogP contribution in [0, 0.1) is 0 Å². The van der Waals surface area contributed by atoms with Crippen LogP contribution in [0.15, 0.2) is 42.0 Å². The van der Waals surface area contributed by atoms with Crippen molar-refractivity contribution in [1.29, 1.82) is 0 Å². The summed E-state index contributed by atoms with van der Waals surface area (Å²) in [6.07, 6.45) is 3.64. The van der Waals surface area contributed by atoms with Gasteiger partial charge in [0, 0.05) is 24.2 Å². The second kappa shape index (κ2) is 7.70. The summed E-state index contributed by atoms with van der Waals surface area (Å²) in [5.74, 6) is -0.255. The van der Waals surface area contributed by atoms with Crippen molar-refractivity contribution in [2.45, 2.75) is 32.4 Å². The number of pyridine rings is 1. The Balaban J connectivity index is 1.98. The lowest BCUT2D eigenvalue weighted by molar-refractivity contribution is -0.123. The SMILES string of the molecule is CC(=O)N[C@@H](CC(=O)N[C@H](C)c1cccnc1)c1cccs1. The van der Waals surface area contributed by atoms with Crippen LogP contribution in [0.1, 0.15) is 42.8 Å². The molecule has 0 saturated carbocycles. The van der Waals surface area contributed by atoms with Crippen LogP contribution in [0.4, 0.5) is 0 Å². The van der Waals surface area contributed by atoms with E-state index in [1.54, 1.807) is 12.4 Å². The molecule has 0 spiro atoms. The van der Waals surface area contributed by atoms with E-state index in [4.69, 9.17) is 0 Å². The van der Waals surface area contributed by atoms with E-state index >= 15 is 0 Å². The van der Waals surface area contributed by atoms with E-state index in [0.29, 0.717) is 0 Å².